The molecule has 5 rings (SSSR count). The number of benzene rings is 2. The topological polar surface area (TPSA) is 49.8 Å². The zero-order valence-corrected chi connectivity index (χ0v) is 15.4. The number of aliphatic hydroxyl groups excluding tert-OH is 1. The number of nitrogens with zero attached hydrogens (tertiary/aromatic N) is 1. The molecule has 1 aliphatic heterocycles. The largest absolute Gasteiger partial charge is 0.448 e. The zero-order valence-electron chi connectivity index (χ0n) is 15.4. The Morgan fingerprint density at radius 3 is 2.15 bits per heavy atom. The Bertz CT molecular complexity index is 816. The minimum Gasteiger partial charge on any atom is -0.448 e. The lowest BCUT2D eigenvalue weighted by Crippen LogP contribution is -2.60. The molecule has 4 heteroatoms. The van der Waals surface area contributed by atoms with Crippen LogP contribution in [0.5, 0.6) is 0 Å². The SMILES string of the molecule is O=C(OCC1c2ccccc2-c2ccccc21)N1CC2(CCC(O)CC2)C1. The predicted octanol–water partition coefficient (Wildman–Crippen LogP) is 4.17. The number of hydrogen-bond donors (Lipinski definition) is 1. The predicted molar refractivity (Wildman–Crippen MR) is 104 cm³/mol. The van der Waals surface area contributed by atoms with Gasteiger partial charge in [-0.1, -0.05) is 48.5 Å². The maximum absolute atomic E-state index is 12.6. The van der Waals surface area contributed by atoms with E-state index in [0.29, 0.717) is 6.61 Å². The second-order valence-corrected chi connectivity index (χ2v) is 8.39. The fourth-order valence-corrected chi connectivity index (χ4v) is 5.11. The summed E-state index contributed by atoms with van der Waals surface area (Å²) in [7, 11) is 0. The van der Waals surface area contributed by atoms with Gasteiger partial charge in [0.05, 0.1) is 6.10 Å². The lowest BCUT2D eigenvalue weighted by Gasteiger charge is -2.52. The lowest BCUT2D eigenvalue weighted by molar-refractivity contribution is -0.0482. The molecule has 1 amide bonds. The number of carbonyl (C=O) groups is 1. The Hall–Kier alpha value is -2.33. The molecule has 2 aromatic carbocycles. The van der Waals surface area contributed by atoms with E-state index >= 15 is 0 Å². The van der Waals surface area contributed by atoms with Crippen LogP contribution in [0.25, 0.3) is 11.1 Å². The Balaban J connectivity index is 1.24. The molecule has 1 heterocycles. The van der Waals surface area contributed by atoms with Crippen molar-refractivity contribution in [3.63, 3.8) is 0 Å². The summed E-state index contributed by atoms with van der Waals surface area (Å²) >= 11 is 0. The highest BCUT2D eigenvalue weighted by Gasteiger charge is 2.47. The average Bonchev–Trinajstić information content (AvgIpc) is 2.99. The quantitative estimate of drug-likeness (QED) is 0.871. The van der Waals surface area contributed by atoms with Crippen LogP contribution in [0.3, 0.4) is 0 Å². The van der Waals surface area contributed by atoms with E-state index in [2.05, 4.69) is 48.5 Å². The van der Waals surface area contributed by atoms with E-state index in [0.717, 1.165) is 38.8 Å². The van der Waals surface area contributed by atoms with Gasteiger partial charge in [-0.15, -0.1) is 0 Å². The van der Waals surface area contributed by atoms with Gasteiger partial charge in [-0.25, -0.2) is 4.79 Å². The molecule has 1 spiro atoms. The average molecular weight is 363 g/mol. The summed E-state index contributed by atoms with van der Waals surface area (Å²) in [4.78, 5) is 14.4. The van der Waals surface area contributed by atoms with Gasteiger partial charge in [0.25, 0.3) is 0 Å². The maximum Gasteiger partial charge on any atom is 0.409 e. The van der Waals surface area contributed by atoms with Crippen molar-refractivity contribution in [2.24, 2.45) is 5.41 Å². The van der Waals surface area contributed by atoms with Crippen LogP contribution in [0, 0.1) is 5.41 Å². The Labute approximate surface area is 159 Å². The van der Waals surface area contributed by atoms with Crippen LogP contribution in [0.4, 0.5) is 4.79 Å². The number of aliphatic hydroxyl groups is 1. The van der Waals surface area contributed by atoms with Gasteiger partial charge >= 0.3 is 6.09 Å². The monoisotopic (exact) mass is 363 g/mol. The van der Waals surface area contributed by atoms with Gasteiger partial charge in [0.2, 0.25) is 0 Å². The number of amides is 1. The molecule has 1 saturated heterocycles. The third-order valence-electron chi connectivity index (χ3n) is 6.66. The number of fused-ring (bicyclic) bond motifs is 3. The zero-order chi connectivity index (χ0) is 18.4. The van der Waals surface area contributed by atoms with Crippen LogP contribution in [0.15, 0.2) is 48.5 Å². The maximum atomic E-state index is 12.6. The van der Waals surface area contributed by atoms with Gasteiger partial charge in [0.15, 0.2) is 0 Å². The molecule has 0 radical (unpaired) electrons. The summed E-state index contributed by atoms with van der Waals surface area (Å²) < 4.78 is 5.74. The molecule has 27 heavy (non-hydrogen) atoms. The summed E-state index contributed by atoms with van der Waals surface area (Å²) in [6, 6.07) is 16.8. The van der Waals surface area contributed by atoms with Crippen molar-refractivity contribution in [3.05, 3.63) is 59.7 Å². The first-order valence-electron chi connectivity index (χ1n) is 9.93. The van der Waals surface area contributed by atoms with Gasteiger partial charge in [0, 0.05) is 24.4 Å². The summed E-state index contributed by atoms with van der Waals surface area (Å²) in [5, 5.41) is 9.70. The first-order chi connectivity index (χ1) is 13.2. The molecule has 0 unspecified atom stereocenters. The molecular weight excluding hydrogens is 338 g/mol. The van der Waals surface area contributed by atoms with Crippen molar-refractivity contribution >= 4 is 6.09 Å². The van der Waals surface area contributed by atoms with Gasteiger partial charge in [0.1, 0.15) is 6.61 Å². The standard InChI is InChI=1S/C23H25NO3/c25-16-9-11-23(12-10-16)14-24(15-23)22(26)27-13-21-19-7-3-1-5-17(19)18-6-2-4-8-20(18)21/h1-8,16,21,25H,9-15H2. The molecule has 0 bridgehead atoms. The Kier molecular flexibility index (Phi) is 3.97. The smallest absolute Gasteiger partial charge is 0.409 e. The van der Waals surface area contributed by atoms with Gasteiger partial charge in [-0.3, -0.25) is 0 Å². The van der Waals surface area contributed by atoms with Crippen LogP contribution in [-0.4, -0.2) is 41.9 Å². The first kappa shape index (κ1) is 16.8. The van der Waals surface area contributed by atoms with E-state index in [9.17, 15) is 9.90 Å². The van der Waals surface area contributed by atoms with Crippen LogP contribution in [0.1, 0.15) is 42.7 Å². The van der Waals surface area contributed by atoms with Gasteiger partial charge < -0.3 is 14.7 Å². The van der Waals surface area contributed by atoms with Gasteiger partial charge in [-0.05, 0) is 47.9 Å². The summed E-state index contributed by atoms with van der Waals surface area (Å²) in [5.41, 5.74) is 5.21. The molecule has 1 N–H and O–H groups in total. The summed E-state index contributed by atoms with van der Waals surface area (Å²) in [5.74, 6) is 0.112. The fraction of sp³-hybridized carbons (Fsp3) is 0.435. The van der Waals surface area contributed by atoms with E-state index in [1.165, 1.54) is 22.3 Å². The second kappa shape index (κ2) is 6.38. The highest BCUT2D eigenvalue weighted by Crippen LogP contribution is 2.46. The minimum absolute atomic E-state index is 0.112. The minimum atomic E-state index is -0.200. The Morgan fingerprint density at radius 1 is 1.00 bits per heavy atom. The van der Waals surface area contributed by atoms with Crippen molar-refractivity contribution in [2.75, 3.05) is 19.7 Å². The van der Waals surface area contributed by atoms with Crippen molar-refractivity contribution in [2.45, 2.75) is 37.7 Å². The van der Waals surface area contributed by atoms with E-state index < -0.39 is 0 Å². The number of rotatable bonds is 2. The second-order valence-electron chi connectivity index (χ2n) is 8.39. The molecule has 2 aromatic rings. The van der Waals surface area contributed by atoms with Crippen LogP contribution >= 0.6 is 0 Å². The van der Waals surface area contributed by atoms with Crippen molar-refractivity contribution < 1.29 is 14.6 Å². The number of ether oxygens (including phenoxy) is 1. The highest BCUT2D eigenvalue weighted by atomic mass is 16.6. The highest BCUT2D eigenvalue weighted by molar-refractivity contribution is 5.79. The third kappa shape index (κ3) is 2.83. The molecule has 1 saturated carbocycles. The Morgan fingerprint density at radius 2 is 1.56 bits per heavy atom. The van der Waals surface area contributed by atoms with Gasteiger partial charge in [-0.2, -0.15) is 0 Å². The third-order valence-corrected chi connectivity index (χ3v) is 6.66. The summed E-state index contributed by atoms with van der Waals surface area (Å²) in [6.07, 6.45) is 3.40. The molecule has 2 fully saturated rings. The van der Waals surface area contributed by atoms with Crippen LogP contribution in [-0.2, 0) is 4.74 Å². The number of carbonyl (C=O) groups excluding carboxylic acids is 1. The van der Waals surface area contributed by atoms with Crippen molar-refractivity contribution in [1.29, 1.82) is 0 Å². The van der Waals surface area contributed by atoms with E-state index in [1.54, 1.807) is 0 Å². The van der Waals surface area contributed by atoms with E-state index in [1.807, 2.05) is 4.90 Å². The number of hydrogen-bond acceptors (Lipinski definition) is 3. The van der Waals surface area contributed by atoms with Crippen LogP contribution in [0.2, 0.25) is 0 Å². The molecule has 0 aromatic heterocycles. The lowest BCUT2D eigenvalue weighted by atomic mass is 9.68. The van der Waals surface area contributed by atoms with Crippen molar-refractivity contribution in [3.8, 4) is 11.1 Å². The van der Waals surface area contributed by atoms with E-state index in [-0.39, 0.29) is 23.5 Å². The first-order valence-corrected chi connectivity index (χ1v) is 9.93. The molecular formula is C23H25NO3. The summed E-state index contributed by atoms with van der Waals surface area (Å²) in [6.45, 7) is 1.93. The molecule has 140 valence electrons. The number of likely N-dealkylation sites (tertiary alicyclic amines) is 1. The fourth-order valence-electron chi connectivity index (χ4n) is 5.11. The molecule has 2 aliphatic carbocycles. The normalized spacial score (nSPS) is 20.9. The molecule has 3 aliphatic rings. The van der Waals surface area contributed by atoms with Crippen molar-refractivity contribution in [1.82, 2.24) is 4.90 Å². The molecule has 0 atom stereocenters. The van der Waals surface area contributed by atoms with Crippen LogP contribution < -0.4 is 0 Å². The van der Waals surface area contributed by atoms with E-state index in [4.69, 9.17) is 4.74 Å². The molecule has 4 nitrogen and oxygen atoms in total.